The third kappa shape index (κ3) is 4.53. The zero-order valence-corrected chi connectivity index (χ0v) is 20.8. The first-order valence-corrected chi connectivity index (χ1v) is 11.9. The molecule has 1 aliphatic heterocycles. The van der Waals surface area contributed by atoms with Crippen molar-refractivity contribution in [1.29, 1.82) is 0 Å². The first-order valence-electron chi connectivity index (χ1n) is 11.5. The van der Waals surface area contributed by atoms with Gasteiger partial charge in [0.15, 0.2) is 5.82 Å². The molecule has 5 rings (SSSR count). The smallest absolute Gasteiger partial charge is 0.354 e. The molecule has 12 heteroatoms. The molecular formula is C26H22ClFN6O4. The van der Waals surface area contributed by atoms with Crippen molar-refractivity contribution in [2.75, 3.05) is 12.4 Å². The Bertz CT molecular complexity index is 1680. The number of methoxy groups -OCH3 is 1. The average Bonchev–Trinajstić information content (AvgIpc) is 3.53. The number of halogens is 2. The molecule has 4 aromatic rings. The maximum absolute atomic E-state index is 15.0. The number of carbonyl (C=O) groups excluding carboxylic acids is 2. The average molecular weight is 537 g/mol. The van der Waals surface area contributed by atoms with Crippen molar-refractivity contribution in [1.82, 2.24) is 15.0 Å². The van der Waals surface area contributed by atoms with E-state index in [-0.39, 0.29) is 22.2 Å². The van der Waals surface area contributed by atoms with Gasteiger partial charge in [-0.3, -0.25) is 9.59 Å². The molecule has 3 heterocycles. The molecule has 2 aromatic heterocycles. The summed E-state index contributed by atoms with van der Waals surface area (Å²) in [6.07, 6.45) is 2.02. The van der Waals surface area contributed by atoms with E-state index in [2.05, 4.69) is 20.7 Å². The fourth-order valence-electron chi connectivity index (χ4n) is 4.67. The SMILES string of the molecule is COC(=O)c1cc2cc(NC(=O)C3CCc4cc(-c5c(N=CNN)ccc(Cl)c5F)cc(=O)n43)ccc2[nH]1. The topological polar surface area (TPSA) is 144 Å². The van der Waals surface area contributed by atoms with Crippen molar-refractivity contribution in [3.63, 3.8) is 0 Å². The molecule has 0 fully saturated rings. The number of nitrogens with one attached hydrogen (secondary N) is 3. The van der Waals surface area contributed by atoms with Crippen LogP contribution in [0, 0.1) is 5.82 Å². The summed E-state index contributed by atoms with van der Waals surface area (Å²) in [5, 5.41) is 3.44. The Hall–Kier alpha value is -4.48. The highest BCUT2D eigenvalue weighted by molar-refractivity contribution is 6.31. The molecule has 1 unspecified atom stereocenters. The third-order valence-corrected chi connectivity index (χ3v) is 6.66. The van der Waals surface area contributed by atoms with Gasteiger partial charge < -0.3 is 25.0 Å². The lowest BCUT2D eigenvalue weighted by Crippen LogP contribution is -2.31. The van der Waals surface area contributed by atoms with Crippen LogP contribution in [0.4, 0.5) is 15.8 Å². The van der Waals surface area contributed by atoms with Gasteiger partial charge in [0, 0.05) is 33.9 Å². The van der Waals surface area contributed by atoms with Crippen molar-refractivity contribution in [3.05, 3.63) is 81.1 Å². The van der Waals surface area contributed by atoms with Crippen LogP contribution in [-0.4, -0.2) is 34.9 Å². The van der Waals surface area contributed by atoms with Crippen LogP contribution >= 0.6 is 11.6 Å². The molecule has 0 bridgehead atoms. The normalized spacial score (nSPS) is 14.6. The van der Waals surface area contributed by atoms with Crippen LogP contribution in [0.3, 0.4) is 0 Å². The molecule has 0 aliphatic carbocycles. The number of anilines is 1. The largest absolute Gasteiger partial charge is 0.464 e. The van der Waals surface area contributed by atoms with E-state index >= 15 is 4.39 Å². The van der Waals surface area contributed by atoms with Gasteiger partial charge in [0.2, 0.25) is 5.91 Å². The number of benzene rings is 2. The van der Waals surface area contributed by atoms with Gasteiger partial charge in [-0.05, 0) is 60.9 Å². The number of rotatable bonds is 6. The minimum Gasteiger partial charge on any atom is -0.464 e. The molecule has 1 aliphatic rings. The Balaban J connectivity index is 1.44. The lowest BCUT2D eigenvalue weighted by Gasteiger charge is -2.16. The number of aliphatic imine (C=N–C) groups is 1. The van der Waals surface area contributed by atoms with Crippen molar-refractivity contribution in [3.8, 4) is 11.1 Å². The molecule has 5 N–H and O–H groups in total. The maximum atomic E-state index is 15.0. The van der Waals surface area contributed by atoms with Crippen LogP contribution in [0.25, 0.3) is 22.0 Å². The number of hydrazine groups is 1. The highest BCUT2D eigenvalue weighted by atomic mass is 35.5. The second-order valence-corrected chi connectivity index (χ2v) is 9.05. The summed E-state index contributed by atoms with van der Waals surface area (Å²) in [5.74, 6) is 3.66. The molecule has 38 heavy (non-hydrogen) atoms. The minimum absolute atomic E-state index is 0.0588. The standard InChI is InChI=1S/C26H22ClFN6O4/c1-38-26(37)20-10-13-8-15(2-5-18(13)33-20)32-25(36)21-7-3-16-9-14(11-22(35)34(16)21)23-19(30-12-31-29)6-4-17(27)24(23)28/h2,4-6,8-12,21,33H,3,7,29H2,1H3,(H,30,31)(H,32,36). The zero-order valence-electron chi connectivity index (χ0n) is 20.0. The van der Waals surface area contributed by atoms with Gasteiger partial charge in [-0.2, -0.15) is 0 Å². The Morgan fingerprint density at radius 1 is 1.24 bits per heavy atom. The first kappa shape index (κ1) is 25.2. The van der Waals surface area contributed by atoms with Gasteiger partial charge in [-0.1, -0.05) is 11.6 Å². The first-order chi connectivity index (χ1) is 18.3. The van der Waals surface area contributed by atoms with Crippen LogP contribution in [0.2, 0.25) is 5.02 Å². The van der Waals surface area contributed by atoms with Crippen LogP contribution in [0.15, 0.2) is 58.3 Å². The van der Waals surface area contributed by atoms with E-state index in [1.165, 1.54) is 36.2 Å². The number of aromatic nitrogens is 2. The highest BCUT2D eigenvalue weighted by Crippen LogP contribution is 2.37. The Kier molecular flexibility index (Phi) is 6.70. The number of carbonyl (C=O) groups is 2. The lowest BCUT2D eigenvalue weighted by atomic mass is 10.0. The van der Waals surface area contributed by atoms with Crippen LogP contribution in [0.5, 0.6) is 0 Å². The van der Waals surface area contributed by atoms with Gasteiger partial charge in [-0.25, -0.2) is 20.0 Å². The van der Waals surface area contributed by atoms with Crippen molar-refractivity contribution in [2.24, 2.45) is 10.8 Å². The molecule has 0 saturated heterocycles. The molecule has 0 saturated carbocycles. The number of aryl methyl sites for hydroxylation is 1. The van der Waals surface area contributed by atoms with E-state index in [1.54, 1.807) is 30.3 Å². The van der Waals surface area contributed by atoms with E-state index in [4.69, 9.17) is 22.2 Å². The highest BCUT2D eigenvalue weighted by Gasteiger charge is 2.30. The number of nitrogens with zero attached hydrogens (tertiary/aromatic N) is 2. The third-order valence-electron chi connectivity index (χ3n) is 6.37. The van der Waals surface area contributed by atoms with Crippen molar-refractivity contribution >= 4 is 52.1 Å². The fraction of sp³-hybridized carbons (Fsp3) is 0.154. The predicted octanol–water partition coefficient (Wildman–Crippen LogP) is 3.82. The van der Waals surface area contributed by atoms with Gasteiger partial charge in [-0.15, -0.1) is 0 Å². The molecule has 194 valence electrons. The van der Waals surface area contributed by atoms with E-state index in [0.717, 1.165) is 0 Å². The number of pyridine rings is 1. The fourth-order valence-corrected chi connectivity index (χ4v) is 4.83. The summed E-state index contributed by atoms with van der Waals surface area (Å²) in [4.78, 5) is 45.2. The summed E-state index contributed by atoms with van der Waals surface area (Å²) in [6, 6.07) is 11.8. The van der Waals surface area contributed by atoms with Crippen LogP contribution in [-0.2, 0) is 16.0 Å². The quantitative estimate of drug-likeness (QED) is 0.0969. The molecule has 0 spiro atoms. The second-order valence-electron chi connectivity index (χ2n) is 8.64. The second kappa shape index (κ2) is 10.1. The minimum atomic E-state index is -0.748. The van der Waals surface area contributed by atoms with E-state index < -0.39 is 23.4 Å². The zero-order chi connectivity index (χ0) is 27.0. The molecule has 10 nitrogen and oxygen atoms in total. The molecular weight excluding hydrogens is 515 g/mol. The monoisotopic (exact) mass is 536 g/mol. The number of esters is 1. The number of aromatic amines is 1. The van der Waals surface area contributed by atoms with Gasteiger partial charge in [0.25, 0.3) is 5.56 Å². The molecule has 1 amide bonds. The number of hydrogen-bond donors (Lipinski definition) is 4. The van der Waals surface area contributed by atoms with Crippen LogP contribution < -0.4 is 22.1 Å². The maximum Gasteiger partial charge on any atom is 0.354 e. The van der Waals surface area contributed by atoms with Gasteiger partial charge in [0.05, 0.1) is 17.8 Å². The molecule has 1 atom stereocenters. The number of H-pyrrole nitrogens is 1. The predicted molar refractivity (Wildman–Crippen MR) is 142 cm³/mol. The van der Waals surface area contributed by atoms with E-state index in [0.29, 0.717) is 46.4 Å². The Morgan fingerprint density at radius 3 is 2.82 bits per heavy atom. The Morgan fingerprint density at radius 2 is 2.05 bits per heavy atom. The summed E-state index contributed by atoms with van der Waals surface area (Å²) in [6.45, 7) is 0. The molecule has 2 aromatic carbocycles. The lowest BCUT2D eigenvalue weighted by molar-refractivity contribution is -0.119. The number of hydrogen-bond acceptors (Lipinski definition) is 6. The van der Waals surface area contributed by atoms with E-state index in [1.807, 2.05) is 0 Å². The van der Waals surface area contributed by atoms with Crippen molar-refractivity contribution < 1.29 is 18.7 Å². The summed E-state index contributed by atoms with van der Waals surface area (Å²) in [5.41, 5.74) is 4.49. The number of ether oxygens (including phenoxy) is 1. The van der Waals surface area contributed by atoms with Crippen LogP contribution in [0.1, 0.15) is 28.6 Å². The number of fused-ring (bicyclic) bond motifs is 2. The molecule has 0 radical (unpaired) electrons. The Labute approximate surface area is 220 Å². The number of nitrogens with two attached hydrogens (primary N) is 1. The summed E-state index contributed by atoms with van der Waals surface area (Å²) < 4.78 is 21.2. The van der Waals surface area contributed by atoms with Crippen molar-refractivity contribution in [2.45, 2.75) is 18.9 Å². The number of amides is 1. The van der Waals surface area contributed by atoms with Gasteiger partial charge >= 0.3 is 5.97 Å². The summed E-state index contributed by atoms with van der Waals surface area (Å²) >= 11 is 6.00. The van der Waals surface area contributed by atoms with Gasteiger partial charge in [0.1, 0.15) is 18.1 Å². The van der Waals surface area contributed by atoms with E-state index in [9.17, 15) is 14.4 Å². The summed E-state index contributed by atoms with van der Waals surface area (Å²) in [7, 11) is 1.29.